The van der Waals surface area contributed by atoms with E-state index in [1.54, 1.807) is 0 Å². The van der Waals surface area contributed by atoms with E-state index in [1.165, 1.54) is 0 Å². The monoisotopic (exact) mass is 354 g/mol. The minimum absolute atomic E-state index is 0.835. The van der Waals surface area contributed by atoms with E-state index in [-0.39, 0.29) is 0 Å². The molecule has 0 aromatic rings. The molecule has 0 amide bonds. The van der Waals surface area contributed by atoms with Gasteiger partial charge < -0.3 is 39.3 Å². The van der Waals surface area contributed by atoms with E-state index in [2.05, 4.69) is 9.05 Å². The number of hydrogen-bond acceptors (Lipinski definition) is 8. The molecule has 0 aromatic carbocycles. The van der Waals surface area contributed by atoms with Gasteiger partial charge in [-0.15, -0.1) is 0 Å². The van der Waals surface area contributed by atoms with Crippen LogP contribution in [-0.2, 0) is 27.7 Å². The first-order valence-corrected chi connectivity index (χ1v) is 8.49. The Morgan fingerprint density at radius 1 is 1.05 bits per heavy atom. The van der Waals surface area contributed by atoms with Crippen molar-refractivity contribution >= 4 is 15.6 Å². The van der Waals surface area contributed by atoms with Gasteiger partial charge in [-0.25, -0.2) is 9.13 Å². The fourth-order valence-corrected chi connectivity index (χ4v) is 2.93. The Morgan fingerprint density at radius 2 is 1.52 bits per heavy atom. The van der Waals surface area contributed by atoms with E-state index in [1.807, 2.05) is 0 Å². The third kappa shape index (κ3) is 5.64. The highest BCUT2D eigenvalue weighted by atomic mass is 31.2. The van der Waals surface area contributed by atoms with Crippen LogP contribution in [-0.4, -0.2) is 74.2 Å². The lowest BCUT2D eigenvalue weighted by molar-refractivity contribution is -0.288. The lowest BCUT2D eigenvalue weighted by Gasteiger charge is -2.42. The molecule has 0 unspecified atom stereocenters. The highest BCUT2D eigenvalue weighted by Crippen LogP contribution is 2.46. The van der Waals surface area contributed by atoms with Crippen LogP contribution in [0, 0.1) is 0 Å². The molecule has 1 heterocycles. The Hall–Kier alpha value is 0.0600. The van der Waals surface area contributed by atoms with Crippen molar-refractivity contribution < 1.29 is 57.4 Å². The highest BCUT2D eigenvalue weighted by Gasteiger charge is 2.51. The quantitative estimate of drug-likeness (QED) is 0.279. The molecule has 1 fully saturated rings. The molecule has 1 aliphatic heterocycles. The zero-order valence-corrected chi connectivity index (χ0v) is 12.4. The van der Waals surface area contributed by atoms with Gasteiger partial charge in [0.15, 0.2) is 6.29 Å². The summed E-state index contributed by atoms with van der Waals surface area (Å²) in [6.45, 7) is -0.835. The number of hydrogen-bond donors (Lipinski definition) is 6. The van der Waals surface area contributed by atoms with E-state index >= 15 is 0 Å². The molecule has 14 heteroatoms. The van der Waals surface area contributed by atoms with E-state index < -0.39 is 53.0 Å². The second-order valence-corrected chi connectivity index (χ2v) is 6.46. The Balaban J connectivity index is 3.10. The lowest BCUT2D eigenvalue weighted by Crippen LogP contribution is -2.60. The van der Waals surface area contributed by atoms with Crippen molar-refractivity contribution in [3.05, 3.63) is 0 Å². The molecule has 0 saturated carbocycles. The molecule has 1 aliphatic rings. The van der Waals surface area contributed by atoms with Crippen molar-refractivity contribution in [3.8, 4) is 0 Å². The summed E-state index contributed by atoms with van der Waals surface area (Å²) >= 11 is 0. The number of aliphatic hydroxyl groups excluding tert-OH is 2. The third-order valence-corrected chi connectivity index (χ3v) is 3.58. The lowest BCUT2D eigenvalue weighted by atomic mass is 9.99. The van der Waals surface area contributed by atoms with Crippen molar-refractivity contribution in [1.82, 2.24) is 0 Å². The van der Waals surface area contributed by atoms with E-state index in [4.69, 9.17) is 34.2 Å². The minimum atomic E-state index is -5.13. The first kappa shape index (κ1) is 19.1. The summed E-state index contributed by atoms with van der Waals surface area (Å²) < 4.78 is 40.1. The summed E-state index contributed by atoms with van der Waals surface area (Å²) in [5.74, 6) is 0. The van der Waals surface area contributed by atoms with Gasteiger partial charge in [0, 0.05) is 7.11 Å². The van der Waals surface area contributed by atoms with Gasteiger partial charge in [-0.2, -0.15) is 0 Å². The second-order valence-electron chi connectivity index (χ2n) is 4.07. The molecule has 1 rings (SSSR count). The minimum Gasteiger partial charge on any atom is -0.394 e. The summed E-state index contributed by atoms with van der Waals surface area (Å²) in [6, 6.07) is 0. The maximum atomic E-state index is 10.9. The largest absolute Gasteiger partial charge is 0.470 e. The number of phosphoric acid groups is 2. The summed E-state index contributed by atoms with van der Waals surface area (Å²) in [6.07, 6.45) is -8.49. The van der Waals surface area contributed by atoms with Crippen LogP contribution in [0.1, 0.15) is 0 Å². The van der Waals surface area contributed by atoms with Gasteiger partial charge in [-0.1, -0.05) is 0 Å². The summed E-state index contributed by atoms with van der Waals surface area (Å²) in [7, 11) is -9.15. The number of methoxy groups -OCH3 is 1. The van der Waals surface area contributed by atoms with Crippen molar-refractivity contribution in [1.29, 1.82) is 0 Å². The summed E-state index contributed by atoms with van der Waals surface area (Å²) in [5, 5.41) is 19.0. The van der Waals surface area contributed by atoms with Crippen LogP contribution >= 0.6 is 15.6 Å². The number of ether oxygens (including phenoxy) is 2. The number of phosphoric ester groups is 2. The molecule has 6 N–H and O–H groups in total. The molecule has 126 valence electrons. The molecule has 12 nitrogen and oxygen atoms in total. The fraction of sp³-hybridized carbons (Fsp3) is 1.00. The maximum Gasteiger partial charge on any atom is 0.470 e. The predicted molar refractivity (Wildman–Crippen MR) is 62.6 cm³/mol. The van der Waals surface area contributed by atoms with Gasteiger partial charge in [-0.3, -0.25) is 9.05 Å². The molecular formula is C7H16O12P2. The molecule has 0 radical (unpaired) electrons. The Bertz CT molecular complexity index is 429. The standard InChI is InChI=1S/C7H16O12P2/c1-16-7-4(9)6(19-21(13,14)15)5(3(2-8)17-7)18-20(10,11)12/h3-9H,2H2,1H3,(H2,10,11,12)(H2,13,14,15)/t3-,4-,5+,6-,7-/m1/s1. The fourth-order valence-electron chi connectivity index (χ4n) is 1.80. The van der Waals surface area contributed by atoms with Crippen LogP contribution in [0.3, 0.4) is 0 Å². The van der Waals surface area contributed by atoms with E-state index in [9.17, 15) is 14.2 Å². The van der Waals surface area contributed by atoms with Crippen molar-refractivity contribution in [2.75, 3.05) is 13.7 Å². The average Bonchev–Trinajstić information content (AvgIpc) is 2.31. The molecule has 1 saturated heterocycles. The topological polar surface area (TPSA) is 192 Å². The maximum absolute atomic E-state index is 10.9. The molecule has 0 spiro atoms. The van der Waals surface area contributed by atoms with Gasteiger partial charge in [0.25, 0.3) is 0 Å². The van der Waals surface area contributed by atoms with Gasteiger partial charge in [0.05, 0.1) is 6.61 Å². The van der Waals surface area contributed by atoms with Crippen LogP contribution in [0.5, 0.6) is 0 Å². The van der Waals surface area contributed by atoms with E-state index in [0.717, 1.165) is 7.11 Å². The van der Waals surface area contributed by atoms with Crippen molar-refractivity contribution in [3.63, 3.8) is 0 Å². The number of rotatable bonds is 6. The zero-order valence-electron chi connectivity index (χ0n) is 10.6. The molecule has 21 heavy (non-hydrogen) atoms. The van der Waals surface area contributed by atoms with Gasteiger partial charge in [0.1, 0.15) is 24.4 Å². The normalized spacial score (nSPS) is 34.9. The zero-order chi connectivity index (χ0) is 16.4. The van der Waals surface area contributed by atoms with Crippen LogP contribution in [0.15, 0.2) is 0 Å². The van der Waals surface area contributed by atoms with Gasteiger partial charge >= 0.3 is 15.6 Å². The van der Waals surface area contributed by atoms with Crippen molar-refractivity contribution in [2.45, 2.75) is 30.7 Å². The average molecular weight is 354 g/mol. The van der Waals surface area contributed by atoms with Crippen LogP contribution in [0.25, 0.3) is 0 Å². The van der Waals surface area contributed by atoms with Crippen molar-refractivity contribution in [2.24, 2.45) is 0 Å². The first-order valence-electron chi connectivity index (χ1n) is 5.43. The Kier molecular flexibility index (Phi) is 6.45. The summed E-state index contributed by atoms with van der Waals surface area (Å²) in [5.41, 5.74) is 0. The first-order chi connectivity index (χ1) is 9.48. The van der Waals surface area contributed by atoms with Gasteiger partial charge in [-0.05, 0) is 0 Å². The molecule has 0 bridgehead atoms. The van der Waals surface area contributed by atoms with E-state index in [0.29, 0.717) is 0 Å². The molecule has 0 aliphatic carbocycles. The van der Waals surface area contributed by atoms with Crippen LogP contribution in [0.4, 0.5) is 0 Å². The molecular weight excluding hydrogens is 338 g/mol. The Labute approximate surface area is 118 Å². The Morgan fingerprint density at radius 3 is 1.90 bits per heavy atom. The SMILES string of the molecule is CO[C@@H]1O[C@H](CO)[C@H](OP(=O)(O)O)[C@H](OP(=O)(O)O)[C@H]1O. The predicted octanol–water partition coefficient (Wildman–Crippen LogP) is -2.33. The smallest absolute Gasteiger partial charge is 0.394 e. The third-order valence-electron chi connectivity index (χ3n) is 2.54. The second kappa shape index (κ2) is 7.09. The highest BCUT2D eigenvalue weighted by molar-refractivity contribution is 7.46. The number of aliphatic hydroxyl groups is 2. The summed E-state index contributed by atoms with van der Waals surface area (Å²) in [4.78, 5) is 35.2. The van der Waals surface area contributed by atoms with Gasteiger partial charge in [0.2, 0.25) is 0 Å². The van der Waals surface area contributed by atoms with Crippen LogP contribution < -0.4 is 0 Å². The molecule has 5 atom stereocenters. The molecule has 0 aromatic heterocycles. The van der Waals surface area contributed by atoms with Crippen LogP contribution in [0.2, 0.25) is 0 Å².